The molecule has 1 amide bonds. The highest BCUT2D eigenvalue weighted by Gasteiger charge is 2.52. The van der Waals surface area contributed by atoms with Crippen LogP contribution in [0.3, 0.4) is 0 Å². The van der Waals surface area contributed by atoms with Gasteiger partial charge in [-0.25, -0.2) is 9.59 Å². The third-order valence-corrected chi connectivity index (χ3v) is 2.87. The van der Waals surface area contributed by atoms with Gasteiger partial charge in [0.15, 0.2) is 0 Å². The normalized spacial score (nSPS) is 23.6. The highest BCUT2D eigenvalue weighted by molar-refractivity contribution is 5.82. The minimum atomic E-state index is -4.47. The van der Waals surface area contributed by atoms with E-state index in [1.165, 1.54) is 0 Å². The Kier molecular flexibility index (Phi) is 4.55. The lowest BCUT2D eigenvalue weighted by Crippen LogP contribution is -2.44. The first-order valence-corrected chi connectivity index (χ1v) is 6.10. The molecule has 0 saturated carbocycles. The number of halogens is 3. The van der Waals surface area contributed by atoms with Crippen LogP contribution in [0, 0.1) is 5.92 Å². The number of ether oxygens (including phenoxy) is 2. The van der Waals surface area contributed by atoms with Crippen LogP contribution in [0.2, 0.25) is 0 Å². The first-order chi connectivity index (χ1) is 8.95. The molecule has 116 valence electrons. The largest absolute Gasteiger partial charge is 0.467 e. The molecule has 1 aliphatic heterocycles. The quantitative estimate of drug-likeness (QED) is 0.697. The number of nitrogens with zero attached hydrogens (tertiary/aromatic N) is 1. The average molecular weight is 297 g/mol. The standard InChI is InChI=1S/C12H18F3NO4/c1-11(2,3)20-10(18)16-6-7(12(13,14)15)5-8(16)9(17)19-4/h7-8H,5-6H2,1-4H3/t7?,8-/m0/s1. The van der Waals surface area contributed by atoms with Crippen molar-refractivity contribution in [3.05, 3.63) is 0 Å². The van der Waals surface area contributed by atoms with E-state index in [1.807, 2.05) is 0 Å². The van der Waals surface area contributed by atoms with Crippen molar-refractivity contribution < 1.29 is 32.2 Å². The van der Waals surface area contributed by atoms with Gasteiger partial charge in [-0.05, 0) is 27.2 Å². The summed E-state index contributed by atoms with van der Waals surface area (Å²) in [7, 11) is 1.07. The number of likely N-dealkylation sites (tertiary alicyclic amines) is 1. The summed E-state index contributed by atoms with van der Waals surface area (Å²) in [5, 5.41) is 0. The maximum absolute atomic E-state index is 12.7. The zero-order valence-electron chi connectivity index (χ0n) is 11.8. The van der Waals surface area contributed by atoms with Crippen molar-refractivity contribution in [3.63, 3.8) is 0 Å². The van der Waals surface area contributed by atoms with Crippen LogP contribution in [0.1, 0.15) is 27.2 Å². The first kappa shape index (κ1) is 16.6. The number of alkyl halides is 3. The maximum atomic E-state index is 12.7. The fourth-order valence-electron chi connectivity index (χ4n) is 1.95. The SMILES string of the molecule is COC(=O)[C@@H]1CC(C(F)(F)F)CN1C(=O)OC(C)(C)C. The molecule has 0 aromatic rings. The minimum absolute atomic E-state index is 0.505. The molecule has 2 atom stereocenters. The van der Waals surface area contributed by atoms with E-state index in [4.69, 9.17) is 4.74 Å². The molecule has 5 nitrogen and oxygen atoms in total. The molecule has 0 aliphatic carbocycles. The number of rotatable bonds is 1. The molecule has 0 radical (unpaired) electrons. The van der Waals surface area contributed by atoms with Crippen molar-refractivity contribution in [2.45, 2.75) is 45.0 Å². The Morgan fingerprint density at radius 3 is 2.15 bits per heavy atom. The number of carbonyl (C=O) groups is 2. The van der Waals surface area contributed by atoms with Crippen molar-refractivity contribution in [2.24, 2.45) is 5.92 Å². The topological polar surface area (TPSA) is 55.8 Å². The summed E-state index contributed by atoms with van der Waals surface area (Å²) in [6.07, 6.45) is -5.92. The predicted octanol–water partition coefficient (Wildman–Crippen LogP) is 2.35. The van der Waals surface area contributed by atoms with Gasteiger partial charge in [-0.15, -0.1) is 0 Å². The van der Waals surface area contributed by atoms with Gasteiger partial charge >= 0.3 is 18.2 Å². The van der Waals surface area contributed by atoms with Gasteiger partial charge < -0.3 is 9.47 Å². The van der Waals surface area contributed by atoms with Gasteiger partial charge in [0.05, 0.1) is 13.0 Å². The second kappa shape index (κ2) is 5.49. The summed E-state index contributed by atoms with van der Waals surface area (Å²) < 4.78 is 47.7. The zero-order valence-corrected chi connectivity index (χ0v) is 11.8. The molecule has 20 heavy (non-hydrogen) atoms. The molecule has 1 rings (SSSR count). The van der Waals surface area contributed by atoms with Crippen LogP contribution >= 0.6 is 0 Å². The lowest BCUT2D eigenvalue weighted by Gasteiger charge is -2.27. The predicted molar refractivity (Wildman–Crippen MR) is 62.9 cm³/mol. The van der Waals surface area contributed by atoms with E-state index in [2.05, 4.69) is 4.74 Å². The van der Waals surface area contributed by atoms with Gasteiger partial charge in [-0.2, -0.15) is 13.2 Å². The van der Waals surface area contributed by atoms with Crippen LogP contribution in [0.25, 0.3) is 0 Å². The molecule has 1 heterocycles. The highest BCUT2D eigenvalue weighted by atomic mass is 19.4. The number of carbonyl (C=O) groups excluding carboxylic acids is 2. The van der Waals surface area contributed by atoms with Gasteiger partial charge in [0.1, 0.15) is 11.6 Å². The molecule has 8 heteroatoms. The van der Waals surface area contributed by atoms with Crippen LogP contribution in [0.15, 0.2) is 0 Å². The Labute approximate surface area is 115 Å². The molecule has 0 spiro atoms. The van der Waals surface area contributed by atoms with Gasteiger partial charge in [-0.1, -0.05) is 0 Å². The minimum Gasteiger partial charge on any atom is -0.467 e. The van der Waals surface area contributed by atoms with E-state index >= 15 is 0 Å². The van der Waals surface area contributed by atoms with E-state index in [0.29, 0.717) is 0 Å². The summed E-state index contributed by atoms with van der Waals surface area (Å²) in [6, 6.07) is -1.26. The fourth-order valence-corrected chi connectivity index (χ4v) is 1.95. The molecule has 0 aromatic carbocycles. The number of methoxy groups -OCH3 is 1. The van der Waals surface area contributed by atoms with Crippen molar-refractivity contribution in [3.8, 4) is 0 Å². The second-order valence-corrected chi connectivity index (χ2v) is 5.65. The first-order valence-electron chi connectivity index (χ1n) is 6.10. The van der Waals surface area contributed by atoms with Crippen LogP contribution in [-0.2, 0) is 14.3 Å². The number of hydrogen-bond acceptors (Lipinski definition) is 4. The van der Waals surface area contributed by atoms with E-state index in [9.17, 15) is 22.8 Å². The Morgan fingerprint density at radius 2 is 1.75 bits per heavy atom. The van der Waals surface area contributed by atoms with E-state index in [0.717, 1.165) is 12.0 Å². The number of amides is 1. The molecule has 1 fully saturated rings. The molecule has 1 unspecified atom stereocenters. The molecule has 0 N–H and O–H groups in total. The molecule has 1 saturated heterocycles. The summed E-state index contributed by atoms with van der Waals surface area (Å²) in [5.41, 5.74) is -0.853. The Hall–Kier alpha value is -1.47. The Morgan fingerprint density at radius 1 is 1.20 bits per heavy atom. The smallest absolute Gasteiger partial charge is 0.411 e. The van der Waals surface area contributed by atoms with E-state index in [-0.39, 0.29) is 0 Å². The van der Waals surface area contributed by atoms with Crippen LogP contribution in [0.4, 0.5) is 18.0 Å². The maximum Gasteiger partial charge on any atom is 0.411 e. The van der Waals surface area contributed by atoms with Crippen molar-refractivity contribution in [2.75, 3.05) is 13.7 Å². The van der Waals surface area contributed by atoms with Crippen molar-refractivity contribution in [1.82, 2.24) is 4.90 Å². The van der Waals surface area contributed by atoms with E-state index in [1.54, 1.807) is 20.8 Å². The van der Waals surface area contributed by atoms with Gasteiger partial charge in [0, 0.05) is 6.54 Å². The molecular formula is C12H18F3NO4. The lowest BCUT2D eigenvalue weighted by molar-refractivity contribution is -0.170. The number of esters is 1. The molecule has 0 bridgehead atoms. The molecular weight excluding hydrogens is 279 g/mol. The summed E-state index contributed by atoms with van der Waals surface area (Å²) in [6.45, 7) is 4.18. The van der Waals surface area contributed by atoms with Gasteiger partial charge in [0.2, 0.25) is 0 Å². The second-order valence-electron chi connectivity index (χ2n) is 5.65. The lowest BCUT2D eigenvalue weighted by atomic mass is 10.1. The van der Waals surface area contributed by atoms with Gasteiger partial charge in [-0.3, -0.25) is 4.90 Å². The van der Waals surface area contributed by atoms with Crippen LogP contribution < -0.4 is 0 Å². The van der Waals surface area contributed by atoms with Crippen molar-refractivity contribution >= 4 is 12.1 Å². The summed E-state index contributed by atoms with van der Waals surface area (Å²) >= 11 is 0. The third-order valence-electron chi connectivity index (χ3n) is 2.87. The van der Waals surface area contributed by atoms with Crippen LogP contribution in [-0.4, -0.2) is 48.4 Å². The monoisotopic (exact) mass is 297 g/mol. The number of hydrogen-bond donors (Lipinski definition) is 0. The van der Waals surface area contributed by atoms with Gasteiger partial charge in [0.25, 0.3) is 0 Å². The molecule has 0 aromatic heterocycles. The zero-order chi connectivity index (χ0) is 15.7. The summed E-state index contributed by atoms with van der Waals surface area (Å²) in [4.78, 5) is 24.2. The Bertz CT molecular complexity index is 389. The molecule has 1 aliphatic rings. The van der Waals surface area contributed by atoms with E-state index < -0.39 is 48.8 Å². The third kappa shape index (κ3) is 4.01. The highest BCUT2D eigenvalue weighted by Crippen LogP contribution is 2.37. The van der Waals surface area contributed by atoms with Crippen LogP contribution in [0.5, 0.6) is 0 Å². The summed E-state index contributed by atoms with van der Waals surface area (Å²) in [5.74, 6) is -2.62. The van der Waals surface area contributed by atoms with Crippen molar-refractivity contribution in [1.29, 1.82) is 0 Å². The average Bonchev–Trinajstić information content (AvgIpc) is 2.69. The Balaban J connectivity index is 2.90. The fraction of sp³-hybridized carbons (Fsp3) is 0.833.